The molecule has 17 rings (SSSR count). The first-order valence-electron chi connectivity index (χ1n) is 41.7. The second kappa shape index (κ2) is 48.3. The molecule has 6 unspecified atom stereocenters. The van der Waals surface area contributed by atoms with Gasteiger partial charge in [0.05, 0.1) is 0 Å². The van der Waals surface area contributed by atoms with Gasteiger partial charge in [-0.25, -0.2) is 0 Å². The summed E-state index contributed by atoms with van der Waals surface area (Å²) in [4.78, 5) is 10.8. The molecule has 8 aromatic carbocycles. The van der Waals surface area contributed by atoms with E-state index in [1.165, 1.54) is 49.5 Å². The van der Waals surface area contributed by atoms with Gasteiger partial charge >= 0.3 is 898 Å². The van der Waals surface area contributed by atoms with Crippen molar-refractivity contribution in [1.82, 2.24) is 4.57 Å². The Kier molecular flexibility index (Phi) is 37.6. The second-order valence-electron chi connectivity index (χ2n) is 30.8. The molecule has 9 aromatic rings. The zero-order chi connectivity index (χ0) is 87.7. The molecule has 3 aliphatic carbocycles. The smallest absolute Gasteiger partial charge is 2.00 e. The molecule has 128 heavy (non-hydrogen) atoms. The van der Waals surface area contributed by atoms with E-state index < -0.39 is 0 Å². The third-order valence-electron chi connectivity index (χ3n) is 23.0. The van der Waals surface area contributed by atoms with E-state index in [0.29, 0.717) is 35.5 Å². The molecule has 3 saturated carbocycles. The molecule has 8 aliphatic rings. The number of aromatic nitrogens is 1. The van der Waals surface area contributed by atoms with Crippen LogP contribution in [0.3, 0.4) is 0 Å². The number of allylic oxidation sites excluding steroid dienone is 21. The average Bonchev–Trinajstić information content (AvgIpc) is 1.61. The summed E-state index contributed by atoms with van der Waals surface area (Å²) in [6.45, 7) is 24.4. The average molecular weight is 2430 g/mol. The molecule has 17 heteroatoms. The third kappa shape index (κ3) is 23.0. The zero-order valence-electron chi connectivity index (χ0n) is 70.2. The molecule has 3 fully saturated rings. The van der Waals surface area contributed by atoms with Crippen molar-refractivity contribution in [3.05, 3.63) is 437 Å². The van der Waals surface area contributed by atoms with Crippen molar-refractivity contribution >= 4 is 124 Å². The first-order valence-corrected chi connectivity index (χ1v) is 48.1. The van der Waals surface area contributed by atoms with E-state index in [1.54, 1.807) is 12.2 Å². The summed E-state index contributed by atoms with van der Waals surface area (Å²) >= 11 is 24.1. The number of para-hydroxylation sites is 6. The van der Waals surface area contributed by atoms with Gasteiger partial charge in [0, 0.05) is 0 Å². The van der Waals surface area contributed by atoms with Crippen LogP contribution in [-0.2, 0) is 153 Å². The summed E-state index contributed by atoms with van der Waals surface area (Å²) in [6, 6.07) is 73.5. The minimum absolute atomic E-state index is 0. The van der Waals surface area contributed by atoms with Crippen LogP contribution in [0.25, 0.3) is 56.0 Å². The van der Waals surface area contributed by atoms with Crippen molar-refractivity contribution in [1.29, 1.82) is 0 Å². The van der Waals surface area contributed by atoms with Crippen molar-refractivity contribution in [3.63, 3.8) is 0 Å². The molecule has 6 atom stereocenters. The molecule has 0 spiro atoms. The summed E-state index contributed by atoms with van der Waals surface area (Å²) in [5.74, 6) is 2.57. The van der Waals surface area contributed by atoms with Crippen LogP contribution in [0.4, 0.5) is 28.4 Å². The van der Waals surface area contributed by atoms with Crippen LogP contribution in [0.2, 0.25) is 0 Å². The Balaban J connectivity index is 0.000000163. The molecule has 1 aromatic heterocycles. The molecule has 0 radical (unpaired) electrons. The number of rotatable bonds is 24. The fourth-order valence-electron chi connectivity index (χ4n) is 16.7. The summed E-state index contributed by atoms with van der Waals surface area (Å²) in [5, 5.41) is 1.17. The van der Waals surface area contributed by atoms with Crippen LogP contribution in [0.15, 0.2) is 291 Å². The SMILES string of the molecule is [CH-]=CC=C1[C](=[V+2])N([C-]=CC=C2[C](=[V])N([C](=[V])C(=[C-]C=[C-]C3CCCC3[CH2-])c3[c-]cccc3)c3ccccc32)c2ccccc21.[CH-]=CC=C1[C](=[V])N([C-]=CC=C2[C](=[V])N([C](=[V+2])[C-]=C(C=[C-]C3CCCC3[CH2-])c3[c-]cccc3)c3ccccc32)c2ccccc21.[CH2-]C1CCCC1[C-]=CC=C[C](=[V+2])n1[c-]c(C=C2[C](=[V])N([C-]=CC=C[CH]=[V])c3ccccc32)c2ccccc21.[U+2].[U+2]. The van der Waals surface area contributed by atoms with Gasteiger partial charge in [-0.15, -0.1) is 0 Å². The Morgan fingerprint density at radius 3 is 1.49 bits per heavy atom. The van der Waals surface area contributed by atoms with Crippen LogP contribution in [0.5, 0.6) is 0 Å². The molecule has 6 nitrogen and oxygen atoms in total. The monoisotopic (exact) mass is 2430 g/mol. The third-order valence-corrected chi connectivity index (χ3v) is 28.4. The maximum Gasteiger partial charge on any atom is 2.00 e. The molecular weight excluding hydrogens is 2350 g/mol. The summed E-state index contributed by atoms with van der Waals surface area (Å²) in [5.41, 5.74) is 22.9. The molecule has 615 valence electrons. The zero-order valence-corrected chi connectivity index (χ0v) is 91.1. The van der Waals surface area contributed by atoms with Crippen LogP contribution in [-0.4, -0.2) is 44.1 Å². The molecule has 0 bridgehead atoms. The Labute approximate surface area is 886 Å². The van der Waals surface area contributed by atoms with E-state index in [-0.39, 0.29) is 62.2 Å². The molecule has 0 amide bonds. The first kappa shape index (κ1) is 99.5. The van der Waals surface area contributed by atoms with Gasteiger partial charge < -0.3 is 0 Å². The van der Waals surface area contributed by atoms with Crippen LogP contribution in [0.1, 0.15) is 102 Å². The maximum atomic E-state index is 5.77. The fourth-order valence-corrected chi connectivity index (χ4v) is 21.7. The number of hydrogen-bond acceptors (Lipinski definition) is 5. The predicted octanol–water partition coefficient (Wildman–Crippen LogP) is 21.2. The minimum Gasteiger partial charge on any atom is 2.00 e. The van der Waals surface area contributed by atoms with E-state index in [0.717, 1.165) is 166 Å². The van der Waals surface area contributed by atoms with Crippen LogP contribution >= 0.6 is 0 Å². The maximum absolute atomic E-state index is 5.77. The van der Waals surface area contributed by atoms with Gasteiger partial charge in [0.1, 0.15) is 0 Å². The van der Waals surface area contributed by atoms with Gasteiger partial charge in [0.15, 0.2) is 0 Å². The van der Waals surface area contributed by atoms with Crippen molar-refractivity contribution in [2.45, 2.75) is 57.8 Å². The van der Waals surface area contributed by atoms with Gasteiger partial charge in [0.25, 0.3) is 0 Å². The Morgan fingerprint density at radius 2 is 0.930 bits per heavy atom. The second-order valence-corrected chi connectivity index (χ2v) is 36.6. The van der Waals surface area contributed by atoms with E-state index in [9.17, 15) is 0 Å². The summed E-state index contributed by atoms with van der Waals surface area (Å²) in [6.07, 6.45) is 76.4. The quantitative estimate of drug-likeness (QED) is 0.0443. The molecular formula is C111H82N6U2V9-6. The van der Waals surface area contributed by atoms with E-state index >= 15 is 0 Å². The van der Waals surface area contributed by atoms with Gasteiger partial charge in [-0.05, 0) is 0 Å². The van der Waals surface area contributed by atoms with Gasteiger partial charge in [-0.2, -0.15) is 0 Å². The molecule has 5 aliphatic heterocycles. The van der Waals surface area contributed by atoms with E-state index in [2.05, 4.69) is 440 Å². The van der Waals surface area contributed by atoms with Crippen molar-refractivity contribution in [3.8, 4) is 0 Å². The normalized spacial score (nSPS) is 21.1. The van der Waals surface area contributed by atoms with Crippen molar-refractivity contribution in [2.75, 3.05) is 24.5 Å². The minimum atomic E-state index is 0. The topological polar surface area (TPSA) is 21.1 Å². The van der Waals surface area contributed by atoms with Crippen LogP contribution < -0.4 is 24.5 Å². The molecule has 0 N–H and O–H groups in total. The Hall–Kier alpha value is -5.93. The van der Waals surface area contributed by atoms with E-state index in [4.69, 9.17) is 13.2 Å². The molecule has 0 saturated heterocycles. The summed E-state index contributed by atoms with van der Waals surface area (Å²) in [7, 11) is 0. The van der Waals surface area contributed by atoms with Gasteiger partial charge in [-0.1, -0.05) is 0 Å². The Morgan fingerprint density at radius 1 is 0.469 bits per heavy atom. The molecule has 6 heterocycles. The fraction of sp³-hybridized carbons (Fsp3) is 0.135. The van der Waals surface area contributed by atoms with Crippen LogP contribution in [0, 0.1) is 199 Å². The summed E-state index contributed by atoms with van der Waals surface area (Å²) < 4.78 is 12.3. The standard InChI is InChI=1S/2C39H28N2.C33H26N2.2U.9V/c1-3-14-34-28-40(38-24-9-7-22-36(34)38)26-13-21-35-29-41(39-25-10-8-23-37(35)39)27-33(32-16-5-4-6-17-32)20-12-19-31-18-11-15-30(31)2;1-3-13-34-28-40(38-21-9-7-19-36(34)38)26-12-18-35-29-41(39-22-10-8-20-37(35)39)27-25-33(32-15-5-4-6-16-32)24-23-31-17-11-14-30(31)2;1-3-4-11-21-34-24-28(30-17-7-9-19-32(30)34)23-29-25-35(33-20-10-8-18-31(29)33)22-12-5-6-15-27-16-13-14-26(27)2;;;;;;;;;;;/h1,3-10,12-14,16,21-25,30-31H,2,11,15,18H2;1,3-10,12-13,15,18-22,24,30-31H,2,11,14,17H2;1,3-12,17-20,23,26-27H,2,13-14,16H2;;;;;;;;;;;/q2*-6;-4;2*+2;;;;;;;3*+2. The largest absolute Gasteiger partial charge is 2.00 e. The number of fused-ring (bicyclic) bond motifs is 6. The number of hydrogen-bond donors (Lipinski definition) is 0. The van der Waals surface area contributed by atoms with E-state index in [1.807, 2.05) is 120 Å². The Bertz CT molecular complexity index is 6330. The van der Waals surface area contributed by atoms with Crippen molar-refractivity contribution < 1.29 is 215 Å². The number of benzene rings is 8. The predicted molar refractivity (Wildman–Crippen MR) is 492 cm³/mol. The first-order chi connectivity index (χ1) is 61.5. The van der Waals surface area contributed by atoms with Gasteiger partial charge in [0.2, 0.25) is 0 Å². The number of nitrogens with zero attached hydrogens (tertiary/aromatic N) is 6. The van der Waals surface area contributed by atoms with Gasteiger partial charge in [-0.3, -0.25) is 0 Å². The number of anilines is 5. The van der Waals surface area contributed by atoms with Crippen molar-refractivity contribution in [2.24, 2.45) is 35.5 Å².